The zero-order valence-electron chi connectivity index (χ0n) is 19.6. The molecule has 30 heavy (non-hydrogen) atoms. The van der Waals surface area contributed by atoms with E-state index in [-0.39, 0.29) is 0 Å². The van der Waals surface area contributed by atoms with E-state index in [0.717, 1.165) is 54.5 Å². The van der Waals surface area contributed by atoms with Crippen molar-refractivity contribution < 1.29 is 8.85 Å². The SMILES string of the molecule is [2H]C([2H])([2H])c1ccc2c(c1)c1ccc(OC)cc1n2-c1cc(C)c(-c2ccc(Br)cc2)cn1. The summed E-state index contributed by atoms with van der Waals surface area (Å²) in [6.07, 6.45) is 1.89. The van der Waals surface area contributed by atoms with Crippen molar-refractivity contribution in [3.8, 4) is 22.7 Å². The molecule has 0 atom stereocenters. The standard InChI is InChI=1S/C26H21BrN2O/c1-16-4-11-24-22(12-16)21-10-9-20(30-3)14-25(21)29(24)26-13-17(2)23(15-28-26)18-5-7-19(27)8-6-18/h4-15H,1-3H3/i1D3. The minimum absolute atomic E-state index is 0.319. The number of aryl methyl sites for hydroxylation is 2. The molecule has 0 aliphatic rings. The lowest BCUT2D eigenvalue weighted by Gasteiger charge is -2.12. The van der Waals surface area contributed by atoms with Gasteiger partial charge in [0.2, 0.25) is 0 Å². The second kappa shape index (κ2) is 7.29. The Labute approximate surface area is 188 Å². The first-order chi connectivity index (χ1) is 15.8. The van der Waals surface area contributed by atoms with Crippen molar-refractivity contribution in [2.45, 2.75) is 13.8 Å². The Hall–Kier alpha value is -3.11. The van der Waals surface area contributed by atoms with Gasteiger partial charge in [-0.2, -0.15) is 0 Å². The fraction of sp³-hybridized carbons (Fsp3) is 0.115. The van der Waals surface area contributed by atoms with Crippen LogP contribution in [0.15, 0.2) is 77.4 Å². The zero-order chi connectivity index (χ0) is 23.3. The summed E-state index contributed by atoms with van der Waals surface area (Å²) in [5.41, 5.74) is 5.39. The molecule has 0 N–H and O–H groups in total. The van der Waals surface area contributed by atoms with Gasteiger partial charge in [0.1, 0.15) is 11.6 Å². The van der Waals surface area contributed by atoms with E-state index in [0.29, 0.717) is 5.56 Å². The van der Waals surface area contributed by atoms with Crippen LogP contribution >= 0.6 is 15.9 Å². The molecular weight excluding hydrogens is 436 g/mol. The van der Waals surface area contributed by atoms with Crippen LogP contribution < -0.4 is 4.74 Å². The topological polar surface area (TPSA) is 27.1 Å². The summed E-state index contributed by atoms with van der Waals surface area (Å²) < 4.78 is 32.1. The highest BCUT2D eigenvalue weighted by Crippen LogP contribution is 2.35. The highest BCUT2D eigenvalue weighted by Gasteiger charge is 2.15. The van der Waals surface area contributed by atoms with Crippen LogP contribution in [0.2, 0.25) is 0 Å². The number of rotatable bonds is 3. The van der Waals surface area contributed by atoms with Gasteiger partial charge in [-0.25, -0.2) is 4.98 Å². The third kappa shape index (κ3) is 3.08. The van der Waals surface area contributed by atoms with Gasteiger partial charge < -0.3 is 4.74 Å². The van der Waals surface area contributed by atoms with Gasteiger partial charge >= 0.3 is 0 Å². The average molecular weight is 460 g/mol. The summed E-state index contributed by atoms with van der Waals surface area (Å²) in [4.78, 5) is 4.81. The number of ether oxygens (including phenoxy) is 1. The molecule has 0 spiro atoms. The molecule has 2 aromatic heterocycles. The maximum absolute atomic E-state index is 7.83. The molecule has 4 heteroatoms. The molecule has 0 amide bonds. The van der Waals surface area contributed by atoms with Crippen molar-refractivity contribution in [1.29, 1.82) is 0 Å². The summed E-state index contributed by atoms with van der Waals surface area (Å²) in [6.45, 7) is -0.0972. The van der Waals surface area contributed by atoms with Crippen LogP contribution in [0.5, 0.6) is 5.75 Å². The van der Waals surface area contributed by atoms with Gasteiger partial charge in [0.25, 0.3) is 0 Å². The average Bonchev–Trinajstić information content (AvgIpc) is 3.12. The summed E-state index contributed by atoms with van der Waals surface area (Å²) in [5.74, 6) is 1.49. The van der Waals surface area contributed by atoms with Gasteiger partial charge in [-0.05, 0) is 67.4 Å². The van der Waals surface area contributed by atoms with Crippen LogP contribution in [-0.2, 0) is 0 Å². The molecule has 2 heterocycles. The quantitative estimate of drug-likeness (QED) is 0.284. The van der Waals surface area contributed by atoms with Crippen molar-refractivity contribution in [1.82, 2.24) is 9.55 Å². The molecule has 0 aliphatic heterocycles. The van der Waals surface area contributed by atoms with E-state index < -0.39 is 6.85 Å². The van der Waals surface area contributed by atoms with Gasteiger partial charge in [-0.15, -0.1) is 0 Å². The number of benzene rings is 3. The first-order valence-corrected chi connectivity index (χ1v) is 10.4. The Kier molecular flexibility index (Phi) is 3.82. The highest BCUT2D eigenvalue weighted by molar-refractivity contribution is 9.10. The number of fused-ring (bicyclic) bond motifs is 3. The second-order valence-corrected chi connectivity index (χ2v) is 8.23. The number of hydrogen-bond acceptors (Lipinski definition) is 2. The van der Waals surface area contributed by atoms with E-state index in [1.54, 1.807) is 19.2 Å². The largest absolute Gasteiger partial charge is 0.497 e. The predicted octanol–water partition coefficient (Wildman–Crippen LogP) is 7.23. The summed E-state index contributed by atoms with van der Waals surface area (Å²) in [7, 11) is 1.64. The van der Waals surface area contributed by atoms with Crippen molar-refractivity contribution >= 4 is 37.7 Å². The van der Waals surface area contributed by atoms with E-state index in [1.165, 1.54) is 0 Å². The molecule has 0 saturated carbocycles. The van der Waals surface area contributed by atoms with Crippen molar-refractivity contribution in [3.05, 3.63) is 88.5 Å². The van der Waals surface area contributed by atoms with E-state index in [1.807, 2.05) is 42.6 Å². The third-order valence-corrected chi connectivity index (χ3v) is 5.98. The van der Waals surface area contributed by atoms with E-state index in [2.05, 4.69) is 45.6 Å². The maximum Gasteiger partial charge on any atom is 0.137 e. The lowest BCUT2D eigenvalue weighted by Crippen LogP contribution is -1.99. The smallest absolute Gasteiger partial charge is 0.137 e. The maximum atomic E-state index is 7.83. The van der Waals surface area contributed by atoms with Crippen LogP contribution in [-0.4, -0.2) is 16.7 Å². The van der Waals surface area contributed by atoms with Gasteiger partial charge in [0.05, 0.1) is 18.1 Å². The Morgan fingerprint density at radius 1 is 0.933 bits per heavy atom. The first kappa shape index (κ1) is 15.7. The van der Waals surface area contributed by atoms with Gasteiger partial charge in [0.15, 0.2) is 0 Å². The molecular formula is C26H21BrN2O. The second-order valence-electron chi connectivity index (χ2n) is 7.31. The number of aromatic nitrogens is 2. The summed E-state index contributed by atoms with van der Waals surface area (Å²) in [6, 6.07) is 21.4. The molecule has 0 aliphatic carbocycles. The lowest BCUT2D eigenvalue weighted by molar-refractivity contribution is 0.415. The Bertz CT molecular complexity index is 1500. The van der Waals surface area contributed by atoms with Crippen LogP contribution in [0.1, 0.15) is 15.2 Å². The fourth-order valence-corrected chi connectivity index (χ4v) is 4.23. The molecule has 0 fully saturated rings. The highest BCUT2D eigenvalue weighted by atomic mass is 79.9. The molecule has 3 aromatic carbocycles. The van der Waals surface area contributed by atoms with Gasteiger partial charge in [-0.3, -0.25) is 4.57 Å². The monoisotopic (exact) mass is 459 g/mol. The minimum atomic E-state index is -2.17. The number of nitrogens with zero attached hydrogens (tertiary/aromatic N) is 2. The van der Waals surface area contributed by atoms with Gasteiger partial charge in [0, 0.05) is 37.2 Å². The van der Waals surface area contributed by atoms with Gasteiger partial charge in [-0.1, -0.05) is 39.7 Å². The predicted molar refractivity (Wildman–Crippen MR) is 128 cm³/mol. The molecule has 148 valence electrons. The summed E-state index contributed by atoms with van der Waals surface area (Å²) in [5, 5.41) is 1.83. The zero-order valence-corrected chi connectivity index (χ0v) is 18.2. The van der Waals surface area contributed by atoms with E-state index >= 15 is 0 Å². The Morgan fingerprint density at radius 3 is 2.50 bits per heavy atom. The number of halogens is 1. The molecule has 5 aromatic rings. The number of methoxy groups -OCH3 is 1. The first-order valence-electron chi connectivity index (χ1n) is 11.1. The van der Waals surface area contributed by atoms with E-state index in [9.17, 15) is 0 Å². The number of hydrogen-bond donors (Lipinski definition) is 0. The normalized spacial score (nSPS) is 13.2. The molecule has 0 saturated heterocycles. The van der Waals surface area contributed by atoms with Crippen LogP contribution in [0, 0.1) is 13.8 Å². The van der Waals surface area contributed by atoms with Crippen molar-refractivity contribution in [2.24, 2.45) is 0 Å². The molecule has 0 unspecified atom stereocenters. The summed E-state index contributed by atoms with van der Waals surface area (Å²) >= 11 is 3.48. The van der Waals surface area contributed by atoms with Crippen LogP contribution in [0.4, 0.5) is 0 Å². The minimum Gasteiger partial charge on any atom is -0.497 e. The molecule has 0 radical (unpaired) electrons. The number of pyridine rings is 1. The van der Waals surface area contributed by atoms with Crippen LogP contribution in [0.3, 0.4) is 0 Å². The Morgan fingerprint density at radius 2 is 1.77 bits per heavy atom. The van der Waals surface area contributed by atoms with Crippen LogP contribution in [0.25, 0.3) is 38.8 Å². The lowest BCUT2D eigenvalue weighted by atomic mass is 10.0. The van der Waals surface area contributed by atoms with E-state index in [4.69, 9.17) is 13.8 Å². The molecule has 5 rings (SSSR count). The third-order valence-electron chi connectivity index (χ3n) is 5.45. The Balaban J connectivity index is 1.75. The van der Waals surface area contributed by atoms with Crippen molar-refractivity contribution in [2.75, 3.05) is 7.11 Å². The van der Waals surface area contributed by atoms with Crippen molar-refractivity contribution in [3.63, 3.8) is 0 Å². The molecule has 0 bridgehead atoms. The fourth-order valence-electron chi connectivity index (χ4n) is 3.97. The molecule has 3 nitrogen and oxygen atoms in total.